The van der Waals surface area contributed by atoms with E-state index in [1.165, 1.54) is 25.7 Å². The largest absolute Gasteiger partial charge is 0.389 e. The maximum Gasteiger partial charge on any atom is 0.107 e. The van der Waals surface area contributed by atoms with E-state index in [9.17, 15) is 0 Å². The molecule has 1 aromatic rings. The van der Waals surface area contributed by atoms with Gasteiger partial charge in [-0.15, -0.1) is 0 Å². The monoisotopic (exact) mass is 291 g/mol. The van der Waals surface area contributed by atoms with Crippen LogP contribution in [0.2, 0.25) is 0 Å². The van der Waals surface area contributed by atoms with Gasteiger partial charge in [-0.1, -0.05) is 19.1 Å². The predicted octanol–water partition coefficient (Wildman–Crippen LogP) is 3.35. The summed E-state index contributed by atoms with van der Waals surface area (Å²) in [6, 6.07) is 2.69. The third-order valence-electron chi connectivity index (χ3n) is 4.47. The molecule has 4 heteroatoms. The second-order valence-corrected chi connectivity index (χ2v) is 6.57. The van der Waals surface area contributed by atoms with Crippen molar-refractivity contribution in [2.24, 2.45) is 11.7 Å². The molecule has 1 aliphatic rings. The van der Waals surface area contributed by atoms with E-state index >= 15 is 0 Å². The van der Waals surface area contributed by atoms with Crippen molar-refractivity contribution in [1.29, 1.82) is 0 Å². The molecule has 2 N–H and O–H groups in total. The highest BCUT2D eigenvalue weighted by Crippen LogP contribution is 2.32. The second-order valence-electron chi connectivity index (χ2n) is 6.13. The quantitative estimate of drug-likeness (QED) is 0.867. The minimum Gasteiger partial charge on any atom is -0.389 e. The molecule has 0 saturated heterocycles. The van der Waals surface area contributed by atoms with E-state index in [1.807, 2.05) is 13.8 Å². The lowest BCUT2D eigenvalue weighted by atomic mass is 9.86. The van der Waals surface area contributed by atoms with Gasteiger partial charge in [0.25, 0.3) is 0 Å². The van der Waals surface area contributed by atoms with Gasteiger partial charge >= 0.3 is 0 Å². The van der Waals surface area contributed by atoms with Crippen LogP contribution >= 0.6 is 12.2 Å². The number of pyridine rings is 1. The topological polar surface area (TPSA) is 42.1 Å². The molecular weight excluding hydrogens is 266 g/mol. The molecule has 1 fully saturated rings. The zero-order valence-corrected chi connectivity index (χ0v) is 13.8. The van der Waals surface area contributed by atoms with E-state index in [4.69, 9.17) is 18.0 Å². The normalized spacial score (nSPS) is 22.6. The number of rotatable bonds is 3. The molecule has 0 amide bonds. The first-order chi connectivity index (χ1) is 9.40. The maximum atomic E-state index is 5.92. The van der Waals surface area contributed by atoms with Crippen molar-refractivity contribution in [3.8, 4) is 0 Å². The fraction of sp³-hybridized carbons (Fsp3) is 0.625. The van der Waals surface area contributed by atoms with Crippen LogP contribution in [0.15, 0.2) is 6.07 Å². The Labute approximate surface area is 127 Å². The van der Waals surface area contributed by atoms with Crippen molar-refractivity contribution in [2.75, 3.05) is 11.9 Å². The molecule has 110 valence electrons. The first-order valence-electron chi connectivity index (χ1n) is 7.41. The molecule has 0 bridgehead atoms. The van der Waals surface area contributed by atoms with Gasteiger partial charge in [-0.25, -0.2) is 0 Å². The predicted molar refractivity (Wildman–Crippen MR) is 89.4 cm³/mol. The Morgan fingerprint density at radius 1 is 1.30 bits per heavy atom. The summed E-state index contributed by atoms with van der Waals surface area (Å²) in [5.74, 6) is 0.857. The minimum absolute atomic E-state index is 0.445. The highest BCUT2D eigenvalue weighted by Gasteiger charge is 2.24. The fourth-order valence-corrected chi connectivity index (χ4v) is 3.47. The van der Waals surface area contributed by atoms with Crippen LogP contribution in [0.5, 0.6) is 0 Å². The number of hydrogen-bond acceptors (Lipinski definition) is 3. The summed E-state index contributed by atoms with van der Waals surface area (Å²) >= 11 is 5.23. The van der Waals surface area contributed by atoms with E-state index in [0.717, 1.165) is 28.6 Å². The van der Waals surface area contributed by atoms with Gasteiger partial charge in [0.2, 0.25) is 0 Å². The zero-order valence-electron chi connectivity index (χ0n) is 12.9. The highest BCUT2D eigenvalue weighted by molar-refractivity contribution is 7.80. The van der Waals surface area contributed by atoms with Crippen LogP contribution in [-0.2, 0) is 0 Å². The van der Waals surface area contributed by atoms with Gasteiger partial charge in [-0.3, -0.25) is 4.98 Å². The summed E-state index contributed by atoms with van der Waals surface area (Å²) < 4.78 is 0. The standard InChI is InChI=1S/C16H25N3S/c1-10-5-7-13(8-6-10)19(4)14-9-11(2)18-12(3)15(14)16(17)20/h9-10,13H,5-8H2,1-4H3,(H2,17,20). The van der Waals surface area contributed by atoms with Gasteiger partial charge in [0, 0.05) is 24.5 Å². The molecule has 2 rings (SSSR count). The van der Waals surface area contributed by atoms with Crippen molar-refractivity contribution < 1.29 is 0 Å². The molecule has 1 aliphatic carbocycles. The summed E-state index contributed by atoms with van der Waals surface area (Å²) in [6.45, 7) is 6.36. The van der Waals surface area contributed by atoms with E-state index in [-0.39, 0.29) is 0 Å². The van der Waals surface area contributed by atoms with E-state index in [0.29, 0.717) is 11.0 Å². The number of thiocarbonyl (C=S) groups is 1. The lowest BCUT2D eigenvalue weighted by molar-refractivity contribution is 0.340. The van der Waals surface area contributed by atoms with Gasteiger partial charge in [-0.05, 0) is 51.5 Å². The third kappa shape index (κ3) is 3.11. The Bertz CT molecular complexity index is 505. The van der Waals surface area contributed by atoms with Crippen molar-refractivity contribution in [2.45, 2.75) is 52.5 Å². The van der Waals surface area contributed by atoms with Gasteiger partial charge < -0.3 is 10.6 Å². The average molecular weight is 291 g/mol. The molecule has 1 heterocycles. The Balaban J connectivity index is 2.33. The molecule has 1 saturated carbocycles. The van der Waals surface area contributed by atoms with Crippen LogP contribution in [0.4, 0.5) is 5.69 Å². The summed E-state index contributed by atoms with van der Waals surface area (Å²) in [4.78, 5) is 7.31. The Kier molecular flexibility index (Phi) is 4.63. The number of anilines is 1. The van der Waals surface area contributed by atoms with Crippen LogP contribution in [0.1, 0.15) is 49.6 Å². The van der Waals surface area contributed by atoms with Crippen LogP contribution in [0.3, 0.4) is 0 Å². The van der Waals surface area contributed by atoms with E-state index < -0.39 is 0 Å². The molecule has 0 radical (unpaired) electrons. The number of hydrogen-bond donors (Lipinski definition) is 1. The summed E-state index contributed by atoms with van der Waals surface area (Å²) in [6.07, 6.45) is 5.10. The molecule has 1 aromatic heterocycles. The zero-order chi connectivity index (χ0) is 14.9. The van der Waals surface area contributed by atoms with Crippen molar-refractivity contribution >= 4 is 22.9 Å². The third-order valence-corrected chi connectivity index (χ3v) is 4.67. The smallest absolute Gasteiger partial charge is 0.107 e. The molecule has 0 aliphatic heterocycles. The van der Waals surface area contributed by atoms with Crippen LogP contribution in [-0.4, -0.2) is 23.1 Å². The molecule has 0 unspecified atom stereocenters. The van der Waals surface area contributed by atoms with Crippen molar-refractivity contribution in [3.05, 3.63) is 23.0 Å². The van der Waals surface area contributed by atoms with Crippen LogP contribution in [0.25, 0.3) is 0 Å². The van der Waals surface area contributed by atoms with E-state index in [1.54, 1.807) is 0 Å². The summed E-state index contributed by atoms with van der Waals surface area (Å²) in [5.41, 5.74) is 9.95. The first-order valence-corrected chi connectivity index (χ1v) is 7.81. The number of aryl methyl sites for hydroxylation is 2. The van der Waals surface area contributed by atoms with Crippen LogP contribution < -0.4 is 10.6 Å². The SMILES string of the molecule is Cc1cc(N(C)C2CCC(C)CC2)c(C(N)=S)c(C)n1. The molecule has 0 atom stereocenters. The molecular formula is C16H25N3S. The summed E-state index contributed by atoms with van der Waals surface area (Å²) in [5, 5.41) is 0. The molecule has 3 nitrogen and oxygen atoms in total. The molecule has 0 aromatic carbocycles. The first kappa shape index (κ1) is 15.2. The van der Waals surface area contributed by atoms with Crippen molar-refractivity contribution in [3.63, 3.8) is 0 Å². The van der Waals surface area contributed by atoms with Gasteiger partial charge in [0.1, 0.15) is 4.99 Å². The minimum atomic E-state index is 0.445. The van der Waals surface area contributed by atoms with Gasteiger partial charge in [-0.2, -0.15) is 0 Å². The second kappa shape index (κ2) is 6.08. The number of nitrogens with zero attached hydrogens (tertiary/aromatic N) is 2. The van der Waals surface area contributed by atoms with Gasteiger partial charge in [0.15, 0.2) is 0 Å². The van der Waals surface area contributed by atoms with E-state index in [2.05, 4.69) is 29.9 Å². The average Bonchev–Trinajstić information content (AvgIpc) is 2.37. The molecule has 0 spiro atoms. The van der Waals surface area contributed by atoms with Crippen LogP contribution in [0, 0.1) is 19.8 Å². The Hall–Kier alpha value is -1.16. The highest BCUT2D eigenvalue weighted by atomic mass is 32.1. The molecule has 20 heavy (non-hydrogen) atoms. The maximum absolute atomic E-state index is 5.92. The number of aromatic nitrogens is 1. The fourth-order valence-electron chi connectivity index (χ4n) is 3.22. The Morgan fingerprint density at radius 3 is 2.45 bits per heavy atom. The summed E-state index contributed by atoms with van der Waals surface area (Å²) in [7, 11) is 2.16. The lowest BCUT2D eigenvalue weighted by Crippen LogP contribution is -2.36. The van der Waals surface area contributed by atoms with Gasteiger partial charge in [0.05, 0.1) is 11.3 Å². The Morgan fingerprint density at radius 2 is 1.90 bits per heavy atom. The number of nitrogens with two attached hydrogens (primary N) is 1. The lowest BCUT2D eigenvalue weighted by Gasteiger charge is -2.36. The van der Waals surface area contributed by atoms with Crippen molar-refractivity contribution in [1.82, 2.24) is 4.98 Å².